The molecule has 0 saturated carbocycles. The van der Waals surface area contributed by atoms with Crippen LogP contribution in [0.15, 0.2) is 9.59 Å². The van der Waals surface area contributed by atoms with Gasteiger partial charge in [0.15, 0.2) is 5.85 Å². The summed E-state index contributed by atoms with van der Waals surface area (Å²) in [6.07, 6.45) is -2.02. The molecule has 16 nitrogen and oxygen atoms in total. The molecule has 2 aliphatic rings. The summed E-state index contributed by atoms with van der Waals surface area (Å²) in [4.78, 5) is 61.1. The Balaban J connectivity index is 1.57. The summed E-state index contributed by atoms with van der Waals surface area (Å²) < 4.78 is 39.8. The van der Waals surface area contributed by atoms with Gasteiger partial charge in [-0.25, -0.2) is 28.1 Å². The molecule has 184 valence electrons. The Morgan fingerprint density at radius 2 is 1.59 bits per heavy atom. The van der Waals surface area contributed by atoms with E-state index >= 15 is 0 Å². The zero-order valence-corrected chi connectivity index (χ0v) is 18.6. The molecule has 3 rings (SSSR count). The number of aromatic nitrogens is 3. The number of hydrogen-bond acceptors (Lipinski definition) is 9. The molecule has 0 amide bonds. The first-order valence-corrected chi connectivity index (χ1v) is 12.9. The van der Waals surface area contributed by atoms with Crippen LogP contribution in [0.3, 0.4) is 0 Å². The number of phosphoric ester groups is 1. The molecule has 0 spiro atoms. The molecule has 0 aromatic carbocycles. The third-order valence-corrected chi connectivity index (χ3v) is 6.54. The molecular formula is C14H26N4O12P2. The minimum absolute atomic E-state index is 0.105. The second kappa shape index (κ2) is 9.99. The number of ether oxygens (including phenoxy) is 2. The van der Waals surface area contributed by atoms with Crippen molar-refractivity contribution >= 4 is 15.4 Å². The summed E-state index contributed by atoms with van der Waals surface area (Å²) in [5, 5.41) is 13.0. The Labute approximate surface area is 180 Å². The molecule has 1 aromatic rings. The van der Waals surface area contributed by atoms with Crippen molar-refractivity contribution in [2.75, 3.05) is 26.3 Å². The van der Waals surface area contributed by atoms with Gasteiger partial charge in [0, 0.05) is 6.54 Å². The fraction of sp³-hybridized carbons (Fsp3) is 0.857. The molecule has 4 unspecified atom stereocenters. The lowest BCUT2D eigenvalue weighted by atomic mass is 10.3. The smallest absolute Gasteiger partial charge is 0.390 e. The first-order valence-electron chi connectivity index (χ1n) is 9.66. The number of aliphatic hydroxyl groups excluding tert-OH is 1. The summed E-state index contributed by atoms with van der Waals surface area (Å²) in [5.74, 6) is -2.03. The maximum absolute atomic E-state index is 12.7. The van der Waals surface area contributed by atoms with Gasteiger partial charge in [0.2, 0.25) is 0 Å². The molecule has 6 N–H and O–H groups in total. The summed E-state index contributed by atoms with van der Waals surface area (Å²) in [6, 6.07) is 0. The maximum atomic E-state index is 12.7. The van der Waals surface area contributed by atoms with Crippen LogP contribution in [0.25, 0.3) is 0 Å². The largest absolute Gasteiger partial charge is 0.470 e. The van der Waals surface area contributed by atoms with E-state index in [1.165, 1.54) is 4.68 Å². The molecule has 3 heterocycles. The highest BCUT2D eigenvalue weighted by atomic mass is 31.2. The van der Waals surface area contributed by atoms with Crippen LogP contribution in [-0.2, 0) is 42.8 Å². The van der Waals surface area contributed by atoms with Gasteiger partial charge in [0.1, 0.15) is 6.10 Å². The van der Waals surface area contributed by atoms with Gasteiger partial charge in [-0.2, -0.15) is 0 Å². The van der Waals surface area contributed by atoms with Gasteiger partial charge >= 0.3 is 26.8 Å². The van der Waals surface area contributed by atoms with E-state index in [0.29, 0.717) is 13.2 Å². The van der Waals surface area contributed by atoms with Crippen molar-refractivity contribution in [3.63, 3.8) is 0 Å². The van der Waals surface area contributed by atoms with Gasteiger partial charge in [-0.1, -0.05) is 0 Å². The standard InChI is InChI=1S/C14H26N4O12P2/c19-9(3-15-2-1-12(31(22,23)24)30-32(25,26)27)4-17-13(20)16(5-10-7-28-10)14(21)18(17)6-11-8-29-11/h9-12,15,19H,1-8H2,(H2,22,23,24)(H2,25,26,27). The Bertz CT molecular complexity index is 1000. The Morgan fingerprint density at radius 3 is 2.12 bits per heavy atom. The number of nitrogens with one attached hydrogen (secondary N) is 1. The van der Waals surface area contributed by atoms with Crippen molar-refractivity contribution in [1.29, 1.82) is 0 Å². The van der Waals surface area contributed by atoms with Crippen LogP contribution in [0, 0.1) is 0 Å². The zero-order chi connectivity index (χ0) is 23.7. The summed E-state index contributed by atoms with van der Waals surface area (Å²) in [6.45, 7) is 0.624. The fourth-order valence-corrected chi connectivity index (χ4v) is 4.77. The van der Waals surface area contributed by atoms with Crippen molar-refractivity contribution in [3.05, 3.63) is 21.0 Å². The van der Waals surface area contributed by atoms with Crippen LogP contribution in [0.2, 0.25) is 0 Å². The molecule has 1 aromatic heterocycles. The van der Waals surface area contributed by atoms with E-state index in [-0.39, 0.29) is 44.9 Å². The highest BCUT2D eigenvalue weighted by Gasteiger charge is 2.35. The van der Waals surface area contributed by atoms with Gasteiger partial charge < -0.3 is 39.5 Å². The SMILES string of the molecule is O=c1n(CC2CO2)c(=O)n(CC2CO2)n1CC(O)CNCCC(OP(=O)(O)O)P(=O)(O)O. The lowest BCUT2D eigenvalue weighted by Crippen LogP contribution is -2.38. The average molecular weight is 504 g/mol. The number of hydrogen-bond donors (Lipinski definition) is 6. The zero-order valence-electron chi connectivity index (χ0n) is 16.8. The molecule has 2 saturated heterocycles. The highest BCUT2D eigenvalue weighted by molar-refractivity contribution is 7.53. The topological polar surface area (TPSA) is 231 Å². The van der Waals surface area contributed by atoms with Crippen molar-refractivity contribution in [1.82, 2.24) is 19.2 Å². The second-order valence-corrected chi connectivity index (χ2v) is 10.5. The minimum atomic E-state index is -5.12. The molecule has 0 bridgehead atoms. The van der Waals surface area contributed by atoms with Crippen LogP contribution in [-0.4, -0.2) is 89.1 Å². The molecular weight excluding hydrogens is 478 g/mol. The molecule has 2 fully saturated rings. The normalized spacial score (nSPS) is 22.7. The Morgan fingerprint density at radius 1 is 1.03 bits per heavy atom. The number of phosphoric acid groups is 1. The number of aliphatic hydroxyl groups is 1. The summed E-state index contributed by atoms with van der Waals surface area (Å²) in [7, 11) is -10.1. The predicted octanol–water partition coefficient (Wildman–Crippen LogP) is -3.44. The molecule has 4 atom stereocenters. The third kappa shape index (κ3) is 7.43. The van der Waals surface area contributed by atoms with Crippen LogP contribution >= 0.6 is 15.4 Å². The van der Waals surface area contributed by atoms with Crippen molar-refractivity contribution in [3.8, 4) is 0 Å². The van der Waals surface area contributed by atoms with E-state index < -0.39 is 45.2 Å². The van der Waals surface area contributed by atoms with Crippen molar-refractivity contribution in [2.24, 2.45) is 0 Å². The highest BCUT2D eigenvalue weighted by Crippen LogP contribution is 2.51. The second-order valence-electron chi connectivity index (χ2n) is 7.54. The van der Waals surface area contributed by atoms with E-state index in [1.807, 2.05) is 0 Å². The number of epoxide rings is 2. The Hall–Kier alpha value is -1.16. The van der Waals surface area contributed by atoms with Crippen LogP contribution < -0.4 is 16.7 Å². The molecule has 32 heavy (non-hydrogen) atoms. The van der Waals surface area contributed by atoms with Crippen LogP contribution in [0.1, 0.15) is 6.42 Å². The monoisotopic (exact) mass is 504 g/mol. The summed E-state index contributed by atoms with van der Waals surface area (Å²) >= 11 is 0. The van der Waals surface area contributed by atoms with E-state index in [0.717, 1.165) is 9.25 Å². The summed E-state index contributed by atoms with van der Waals surface area (Å²) in [5.41, 5.74) is -1.15. The lowest BCUT2D eigenvalue weighted by Gasteiger charge is -2.20. The maximum Gasteiger partial charge on any atom is 0.470 e. The van der Waals surface area contributed by atoms with Gasteiger partial charge in [-0.3, -0.25) is 9.09 Å². The van der Waals surface area contributed by atoms with E-state index in [4.69, 9.17) is 29.0 Å². The van der Waals surface area contributed by atoms with Crippen molar-refractivity contribution < 1.29 is 47.8 Å². The molecule has 2 aliphatic heterocycles. The number of nitrogens with zero attached hydrogens (tertiary/aromatic N) is 3. The minimum Gasteiger partial charge on any atom is -0.390 e. The lowest BCUT2D eigenvalue weighted by molar-refractivity contribution is 0.131. The van der Waals surface area contributed by atoms with E-state index in [1.54, 1.807) is 0 Å². The first kappa shape index (κ1) is 25.5. The van der Waals surface area contributed by atoms with Gasteiger partial charge in [0.25, 0.3) is 0 Å². The fourth-order valence-electron chi connectivity index (χ4n) is 3.02. The quantitative estimate of drug-likeness (QED) is 0.0824. The number of rotatable bonds is 14. The first-order chi connectivity index (χ1) is 14.8. The average Bonchev–Trinajstić information content (AvgIpc) is 3.57. The third-order valence-electron chi connectivity index (χ3n) is 4.73. The van der Waals surface area contributed by atoms with Crippen molar-refractivity contribution in [2.45, 2.75) is 50.2 Å². The van der Waals surface area contributed by atoms with Gasteiger partial charge in [0.05, 0.1) is 45.1 Å². The molecule has 0 radical (unpaired) electrons. The van der Waals surface area contributed by atoms with Crippen LogP contribution in [0.5, 0.6) is 0 Å². The molecule has 18 heteroatoms. The van der Waals surface area contributed by atoms with E-state index in [9.17, 15) is 23.8 Å². The predicted molar refractivity (Wildman–Crippen MR) is 105 cm³/mol. The van der Waals surface area contributed by atoms with E-state index in [2.05, 4.69) is 9.84 Å². The van der Waals surface area contributed by atoms with Gasteiger partial charge in [-0.05, 0) is 13.0 Å². The molecule has 0 aliphatic carbocycles. The van der Waals surface area contributed by atoms with Gasteiger partial charge in [-0.15, -0.1) is 0 Å². The Kier molecular flexibility index (Phi) is 7.95. The van der Waals surface area contributed by atoms with Crippen LogP contribution in [0.4, 0.5) is 0 Å².